The second-order valence-electron chi connectivity index (χ2n) is 6.05. The Balaban J connectivity index is 2.08. The molecule has 0 aliphatic rings. The first-order valence-corrected chi connectivity index (χ1v) is 8.04. The third kappa shape index (κ3) is 4.17. The minimum absolute atomic E-state index is 0.297. The van der Waals surface area contributed by atoms with E-state index in [-0.39, 0.29) is 6.61 Å². The fraction of sp³-hybridized carbons (Fsp3) is 0.150. The molecule has 0 spiro atoms. The van der Waals surface area contributed by atoms with Crippen LogP contribution >= 0.6 is 0 Å². The Morgan fingerprint density at radius 3 is 1.61 bits per heavy atom. The third-order valence-corrected chi connectivity index (χ3v) is 4.14. The molecule has 0 amide bonds. The van der Waals surface area contributed by atoms with Gasteiger partial charge in [-0.1, -0.05) is 24.3 Å². The summed E-state index contributed by atoms with van der Waals surface area (Å²) in [6, 6.07) is 10.2. The van der Waals surface area contributed by atoms with E-state index < -0.39 is 23.5 Å². The van der Waals surface area contributed by atoms with Gasteiger partial charge >= 0.3 is 12.4 Å². The SMILES string of the molecule is OCc1cnc(-c2ccc(C(F)(F)F)cc2)c(-c2ccc(C(F)(F)F)cc2)c1. The van der Waals surface area contributed by atoms with Crippen molar-refractivity contribution >= 4 is 0 Å². The van der Waals surface area contributed by atoms with Gasteiger partial charge in [0.1, 0.15) is 0 Å². The normalized spacial score (nSPS) is 12.2. The van der Waals surface area contributed by atoms with Crippen LogP contribution < -0.4 is 0 Å². The molecule has 8 heteroatoms. The van der Waals surface area contributed by atoms with Crippen LogP contribution in [0.5, 0.6) is 0 Å². The summed E-state index contributed by atoms with van der Waals surface area (Å²) in [7, 11) is 0. The van der Waals surface area contributed by atoms with Crippen LogP contribution in [0.15, 0.2) is 60.8 Å². The van der Waals surface area contributed by atoms with Gasteiger partial charge in [0.05, 0.1) is 23.4 Å². The number of pyridine rings is 1. The lowest BCUT2D eigenvalue weighted by molar-refractivity contribution is -0.138. The van der Waals surface area contributed by atoms with Crippen LogP contribution in [0.2, 0.25) is 0 Å². The number of nitrogens with zero attached hydrogens (tertiary/aromatic N) is 1. The molecule has 1 aromatic heterocycles. The van der Waals surface area contributed by atoms with Gasteiger partial charge in [0.25, 0.3) is 0 Å². The van der Waals surface area contributed by atoms with E-state index in [4.69, 9.17) is 0 Å². The minimum atomic E-state index is -4.49. The number of halogens is 6. The first kappa shape index (κ1) is 19.9. The molecule has 0 saturated carbocycles. The summed E-state index contributed by atoms with van der Waals surface area (Å²) in [6.07, 6.45) is -7.61. The topological polar surface area (TPSA) is 33.1 Å². The number of aliphatic hydroxyl groups is 1. The molecule has 0 aliphatic heterocycles. The quantitative estimate of drug-likeness (QED) is 0.555. The monoisotopic (exact) mass is 397 g/mol. The van der Waals surface area contributed by atoms with Gasteiger partial charge in [-0.3, -0.25) is 4.98 Å². The minimum Gasteiger partial charge on any atom is -0.392 e. The molecule has 0 fully saturated rings. The predicted molar refractivity (Wildman–Crippen MR) is 91.0 cm³/mol. The average molecular weight is 397 g/mol. The van der Waals surface area contributed by atoms with E-state index in [0.29, 0.717) is 27.9 Å². The van der Waals surface area contributed by atoms with Gasteiger partial charge in [-0.15, -0.1) is 0 Å². The van der Waals surface area contributed by atoms with Gasteiger partial charge in [-0.25, -0.2) is 0 Å². The van der Waals surface area contributed by atoms with Crippen LogP contribution in [0.1, 0.15) is 16.7 Å². The average Bonchev–Trinajstić information content (AvgIpc) is 2.66. The van der Waals surface area contributed by atoms with Gasteiger partial charge in [-0.2, -0.15) is 26.3 Å². The highest BCUT2D eigenvalue weighted by Crippen LogP contribution is 2.36. The summed E-state index contributed by atoms with van der Waals surface area (Å²) in [5, 5.41) is 9.33. The van der Waals surface area contributed by atoms with Crippen molar-refractivity contribution in [2.75, 3.05) is 0 Å². The zero-order valence-corrected chi connectivity index (χ0v) is 14.1. The zero-order valence-electron chi connectivity index (χ0n) is 14.1. The fourth-order valence-corrected chi connectivity index (χ4v) is 2.70. The van der Waals surface area contributed by atoms with Crippen molar-refractivity contribution in [1.29, 1.82) is 0 Å². The maximum Gasteiger partial charge on any atom is 0.416 e. The van der Waals surface area contributed by atoms with Crippen LogP contribution in [-0.4, -0.2) is 10.1 Å². The first-order valence-electron chi connectivity index (χ1n) is 8.04. The largest absolute Gasteiger partial charge is 0.416 e. The van der Waals surface area contributed by atoms with Gasteiger partial charge in [0, 0.05) is 17.3 Å². The summed E-state index contributed by atoms with van der Waals surface area (Å²) in [6.45, 7) is -0.339. The van der Waals surface area contributed by atoms with E-state index in [1.165, 1.54) is 30.5 Å². The van der Waals surface area contributed by atoms with Crippen LogP contribution in [0, 0.1) is 0 Å². The maximum atomic E-state index is 12.8. The van der Waals surface area contributed by atoms with Crippen molar-refractivity contribution in [3.05, 3.63) is 77.5 Å². The Morgan fingerprint density at radius 1 is 0.714 bits per heavy atom. The summed E-state index contributed by atoms with van der Waals surface area (Å²) < 4.78 is 76.6. The Morgan fingerprint density at radius 2 is 1.18 bits per heavy atom. The molecular weight excluding hydrogens is 384 g/mol. The molecule has 0 atom stereocenters. The van der Waals surface area contributed by atoms with Crippen molar-refractivity contribution in [2.45, 2.75) is 19.0 Å². The summed E-state index contributed by atoms with van der Waals surface area (Å²) in [5.74, 6) is 0. The lowest BCUT2D eigenvalue weighted by Gasteiger charge is -2.13. The van der Waals surface area contributed by atoms with Crippen LogP contribution in [0.3, 0.4) is 0 Å². The van der Waals surface area contributed by atoms with Crippen molar-refractivity contribution in [3.63, 3.8) is 0 Å². The van der Waals surface area contributed by atoms with Gasteiger partial charge in [-0.05, 0) is 41.5 Å². The molecule has 2 nitrogen and oxygen atoms in total. The van der Waals surface area contributed by atoms with E-state index >= 15 is 0 Å². The Bertz CT molecular complexity index is 960. The van der Waals surface area contributed by atoms with E-state index in [9.17, 15) is 31.4 Å². The fourth-order valence-electron chi connectivity index (χ4n) is 2.70. The van der Waals surface area contributed by atoms with Crippen molar-refractivity contribution in [2.24, 2.45) is 0 Å². The molecule has 1 N–H and O–H groups in total. The van der Waals surface area contributed by atoms with Crippen LogP contribution in [0.25, 0.3) is 22.4 Å². The van der Waals surface area contributed by atoms with Crippen molar-refractivity contribution in [3.8, 4) is 22.4 Å². The lowest BCUT2D eigenvalue weighted by Crippen LogP contribution is -2.04. The van der Waals surface area contributed by atoms with Gasteiger partial charge in [0.15, 0.2) is 0 Å². The molecule has 28 heavy (non-hydrogen) atoms. The van der Waals surface area contributed by atoms with Crippen LogP contribution in [-0.2, 0) is 19.0 Å². The van der Waals surface area contributed by atoms with Gasteiger partial charge in [0.2, 0.25) is 0 Å². The molecule has 1 heterocycles. The molecule has 2 aromatic carbocycles. The molecule has 146 valence electrons. The smallest absolute Gasteiger partial charge is 0.392 e. The van der Waals surface area contributed by atoms with Crippen LogP contribution in [0.4, 0.5) is 26.3 Å². The summed E-state index contributed by atoms with van der Waals surface area (Å²) in [4.78, 5) is 4.20. The highest BCUT2D eigenvalue weighted by atomic mass is 19.4. The molecule has 0 aliphatic carbocycles. The zero-order chi connectivity index (χ0) is 20.5. The maximum absolute atomic E-state index is 12.8. The van der Waals surface area contributed by atoms with Crippen molar-refractivity contribution in [1.82, 2.24) is 4.98 Å². The summed E-state index contributed by atoms with van der Waals surface area (Å²) in [5.41, 5.74) is 0.243. The number of rotatable bonds is 3. The first-order chi connectivity index (χ1) is 13.1. The summed E-state index contributed by atoms with van der Waals surface area (Å²) >= 11 is 0. The standard InChI is InChI=1S/C20H13F6NO/c21-19(22,23)15-5-1-13(2-6-15)17-9-12(11-28)10-27-18(17)14-3-7-16(8-4-14)20(24,25)26/h1-10,28H,11H2. The van der Waals surface area contributed by atoms with E-state index in [1.54, 1.807) is 6.07 Å². The van der Waals surface area contributed by atoms with E-state index in [2.05, 4.69) is 4.98 Å². The Labute approximate surface area is 156 Å². The number of aliphatic hydroxyl groups excluding tert-OH is 1. The number of aromatic nitrogens is 1. The molecule has 0 radical (unpaired) electrons. The highest BCUT2D eigenvalue weighted by molar-refractivity contribution is 5.81. The molecular formula is C20H13F6NO. The van der Waals surface area contributed by atoms with E-state index in [0.717, 1.165) is 24.3 Å². The Kier molecular flexibility index (Phi) is 5.16. The van der Waals surface area contributed by atoms with Crippen molar-refractivity contribution < 1.29 is 31.4 Å². The molecule has 0 unspecified atom stereocenters. The second kappa shape index (κ2) is 7.27. The molecule has 3 rings (SSSR count). The number of hydrogen-bond acceptors (Lipinski definition) is 2. The Hall–Kier alpha value is -2.87. The number of hydrogen-bond donors (Lipinski definition) is 1. The third-order valence-electron chi connectivity index (χ3n) is 4.14. The van der Waals surface area contributed by atoms with E-state index in [1.807, 2.05) is 0 Å². The number of benzene rings is 2. The molecule has 0 bridgehead atoms. The lowest BCUT2D eigenvalue weighted by atomic mass is 9.96. The highest BCUT2D eigenvalue weighted by Gasteiger charge is 2.31. The predicted octanol–water partition coefficient (Wildman–Crippen LogP) is 5.95. The second-order valence-corrected chi connectivity index (χ2v) is 6.05. The van der Waals surface area contributed by atoms with Gasteiger partial charge < -0.3 is 5.11 Å². The molecule has 0 saturated heterocycles. The molecule has 3 aromatic rings. The number of alkyl halides is 6.